The molecule has 72 valence electrons. The van der Waals surface area contributed by atoms with Crippen LogP contribution in [-0.2, 0) is 11.2 Å². The number of furan rings is 1. The van der Waals surface area contributed by atoms with Crippen LogP contribution in [0.4, 0.5) is 0 Å². The van der Waals surface area contributed by atoms with Gasteiger partial charge in [-0.2, -0.15) is 0 Å². The van der Waals surface area contributed by atoms with Gasteiger partial charge in [0.05, 0.1) is 5.69 Å². The first-order valence-electron chi connectivity index (χ1n) is 4.24. The largest absolute Gasteiger partial charge is 0.456 e. The summed E-state index contributed by atoms with van der Waals surface area (Å²) in [5.41, 5.74) is 0.615. The number of aromatic nitrogens is 1. The third-order valence-electron chi connectivity index (χ3n) is 1.80. The molecule has 14 heavy (non-hydrogen) atoms. The number of aryl methyl sites for hydroxylation is 1. The van der Waals surface area contributed by atoms with E-state index in [-0.39, 0.29) is 6.42 Å². The molecule has 0 spiro atoms. The minimum Gasteiger partial charge on any atom is -0.456 e. The number of aldehydes is 1. The predicted molar refractivity (Wildman–Crippen MR) is 48.7 cm³/mol. The highest BCUT2D eigenvalue weighted by molar-refractivity contribution is 5.54. The van der Waals surface area contributed by atoms with Crippen molar-refractivity contribution in [2.75, 3.05) is 0 Å². The first kappa shape index (κ1) is 8.74. The van der Waals surface area contributed by atoms with Crippen LogP contribution in [0.2, 0.25) is 0 Å². The van der Waals surface area contributed by atoms with E-state index >= 15 is 0 Å². The molecule has 0 unspecified atom stereocenters. The van der Waals surface area contributed by atoms with E-state index in [1.54, 1.807) is 6.07 Å². The summed E-state index contributed by atoms with van der Waals surface area (Å²) in [6, 6.07) is 3.62. The van der Waals surface area contributed by atoms with Gasteiger partial charge < -0.3 is 13.6 Å². The first-order valence-corrected chi connectivity index (χ1v) is 4.24. The Morgan fingerprint density at radius 1 is 1.50 bits per heavy atom. The molecule has 0 saturated carbocycles. The van der Waals surface area contributed by atoms with Crippen molar-refractivity contribution in [2.24, 2.45) is 0 Å². The third kappa shape index (κ3) is 1.59. The molecular weight excluding hydrogens is 182 g/mol. The second kappa shape index (κ2) is 3.49. The monoisotopic (exact) mass is 191 g/mol. The molecule has 2 rings (SSSR count). The Kier molecular flexibility index (Phi) is 2.18. The van der Waals surface area contributed by atoms with Gasteiger partial charge in [0, 0.05) is 6.42 Å². The lowest BCUT2D eigenvalue weighted by Gasteiger charge is -1.86. The van der Waals surface area contributed by atoms with Crippen LogP contribution in [0.5, 0.6) is 0 Å². The second-order valence-corrected chi connectivity index (χ2v) is 2.93. The highest BCUT2D eigenvalue weighted by atomic mass is 16.4. The number of hydrogen-bond donors (Lipinski definition) is 0. The number of carbonyl (C=O) groups is 1. The maximum Gasteiger partial charge on any atom is 0.263 e. The Labute approximate surface area is 80.6 Å². The van der Waals surface area contributed by atoms with E-state index in [0.717, 1.165) is 12.0 Å². The summed E-state index contributed by atoms with van der Waals surface area (Å²) in [6.45, 7) is 1.85. The van der Waals surface area contributed by atoms with E-state index in [4.69, 9.17) is 8.83 Å². The molecule has 0 aliphatic heterocycles. The van der Waals surface area contributed by atoms with Gasteiger partial charge >= 0.3 is 0 Å². The van der Waals surface area contributed by atoms with E-state index in [2.05, 4.69) is 4.98 Å². The Bertz CT molecular complexity index is 442. The van der Waals surface area contributed by atoms with Gasteiger partial charge in [-0.25, -0.2) is 4.98 Å². The van der Waals surface area contributed by atoms with E-state index in [1.165, 1.54) is 6.26 Å². The maximum absolute atomic E-state index is 10.2. The van der Waals surface area contributed by atoms with E-state index in [0.29, 0.717) is 17.3 Å². The number of oxazole rings is 1. The molecule has 0 saturated heterocycles. The zero-order valence-electron chi connectivity index (χ0n) is 7.69. The molecule has 0 radical (unpaired) electrons. The van der Waals surface area contributed by atoms with Crippen molar-refractivity contribution in [3.8, 4) is 11.7 Å². The van der Waals surface area contributed by atoms with Crippen LogP contribution < -0.4 is 0 Å². The zero-order chi connectivity index (χ0) is 9.97. The van der Waals surface area contributed by atoms with Crippen LogP contribution in [0.25, 0.3) is 11.7 Å². The Morgan fingerprint density at radius 3 is 3.00 bits per heavy atom. The minimum atomic E-state index is 0.267. The summed E-state index contributed by atoms with van der Waals surface area (Å²) in [6.07, 6.45) is 2.51. The molecule has 2 aromatic rings. The maximum atomic E-state index is 10.2. The lowest BCUT2D eigenvalue weighted by atomic mass is 10.4. The Hall–Kier alpha value is -1.84. The van der Waals surface area contributed by atoms with Crippen LogP contribution >= 0.6 is 0 Å². The fourth-order valence-electron chi connectivity index (χ4n) is 1.15. The molecular formula is C10H9NO3. The number of rotatable bonds is 3. The van der Waals surface area contributed by atoms with Crippen LogP contribution in [0.15, 0.2) is 27.2 Å². The van der Waals surface area contributed by atoms with Crippen LogP contribution in [0.3, 0.4) is 0 Å². The summed E-state index contributed by atoms with van der Waals surface area (Å²) in [4.78, 5) is 14.3. The normalized spacial score (nSPS) is 10.4. The van der Waals surface area contributed by atoms with Gasteiger partial charge in [-0.3, -0.25) is 0 Å². The lowest BCUT2D eigenvalue weighted by Crippen LogP contribution is -1.84. The zero-order valence-corrected chi connectivity index (χ0v) is 7.69. The molecule has 0 amide bonds. The number of hydrogen-bond acceptors (Lipinski definition) is 4. The second-order valence-electron chi connectivity index (χ2n) is 2.93. The van der Waals surface area contributed by atoms with Crippen molar-refractivity contribution in [2.45, 2.75) is 13.3 Å². The van der Waals surface area contributed by atoms with Gasteiger partial charge in [0.25, 0.3) is 5.89 Å². The smallest absolute Gasteiger partial charge is 0.263 e. The van der Waals surface area contributed by atoms with Crippen molar-refractivity contribution >= 4 is 6.29 Å². The molecule has 0 bridgehead atoms. The number of nitrogens with zero attached hydrogens (tertiary/aromatic N) is 1. The van der Waals surface area contributed by atoms with Gasteiger partial charge in [-0.05, 0) is 19.1 Å². The van der Waals surface area contributed by atoms with Gasteiger partial charge in [-0.15, -0.1) is 0 Å². The summed E-state index contributed by atoms with van der Waals surface area (Å²) < 4.78 is 10.5. The standard InChI is InChI=1S/C10H9NO3/c1-7-2-3-9(14-7)10-11-8(4-5-12)6-13-10/h2-3,5-6H,4H2,1H3. The van der Waals surface area contributed by atoms with Crippen molar-refractivity contribution in [3.63, 3.8) is 0 Å². The molecule has 0 N–H and O–H groups in total. The predicted octanol–water partition coefficient (Wildman–Crippen LogP) is 1.98. The van der Waals surface area contributed by atoms with Gasteiger partial charge in [-0.1, -0.05) is 0 Å². The summed E-state index contributed by atoms with van der Waals surface area (Å²) in [5.74, 6) is 1.80. The molecule has 0 fully saturated rings. The van der Waals surface area contributed by atoms with Crippen molar-refractivity contribution in [1.29, 1.82) is 0 Å². The Morgan fingerprint density at radius 2 is 2.36 bits per heavy atom. The fourth-order valence-corrected chi connectivity index (χ4v) is 1.15. The summed E-state index contributed by atoms with van der Waals surface area (Å²) in [7, 11) is 0. The molecule has 4 heteroatoms. The van der Waals surface area contributed by atoms with Crippen LogP contribution in [0, 0.1) is 6.92 Å². The van der Waals surface area contributed by atoms with Crippen molar-refractivity contribution in [1.82, 2.24) is 4.98 Å². The van der Waals surface area contributed by atoms with Crippen LogP contribution in [-0.4, -0.2) is 11.3 Å². The molecule has 0 aliphatic rings. The fraction of sp³-hybridized carbons (Fsp3) is 0.200. The average Bonchev–Trinajstić information content (AvgIpc) is 2.74. The summed E-state index contributed by atoms with van der Waals surface area (Å²) in [5, 5.41) is 0. The average molecular weight is 191 g/mol. The van der Waals surface area contributed by atoms with Crippen LogP contribution in [0.1, 0.15) is 11.5 Å². The van der Waals surface area contributed by atoms with Gasteiger partial charge in [0.2, 0.25) is 0 Å². The van der Waals surface area contributed by atoms with Crippen molar-refractivity contribution in [3.05, 3.63) is 29.9 Å². The number of carbonyl (C=O) groups excluding carboxylic acids is 1. The molecule has 2 heterocycles. The molecule has 0 atom stereocenters. The minimum absolute atomic E-state index is 0.267. The highest BCUT2D eigenvalue weighted by Gasteiger charge is 2.09. The highest BCUT2D eigenvalue weighted by Crippen LogP contribution is 2.20. The Balaban J connectivity index is 2.28. The van der Waals surface area contributed by atoms with E-state index in [1.807, 2.05) is 13.0 Å². The molecule has 2 aromatic heterocycles. The quantitative estimate of drug-likeness (QED) is 0.696. The summed E-state index contributed by atoms with van der Waals surface area (Å²) >= 11 is 0. The van der Waals surface area contributed by atoms with Crippen molar-refractivity contribution < 1.29 is 13.6 Å². The molecule has 0 aromatic carbocycles. The van der Waals surface area contributed by atoms with E-state index < -0.39 is 0 Å². The van der Waals surface area contributed by atoms with Gasteiger partial charge in [0.15, 0.2) is 5.76 Å². The third-order valence-corrected chi connectivity index (χ3v) is 1.80. The topological polar surface area (TPSA) is 56.2 Å². The SMILES string of the molecule is Cc1ccc(-c2nc(CC=O)co2)o1. The molecule has 0 aliphatic carbocycles. The van der Waals surface area contributed by atoms with E-state index in [9.17, 15) is 4.79 Å². The molecule has 4 nitrogen and oxygen atoms in total. The first-order chi connectivity index (χ1) is 6.79. The van der Waals surface area contributed by atoms with Gasteiger partial charge in [0.1, 0.15) is 18.3 Å². The lowest BCUT2D eigenvalue weighted by molar-refractivity contribution is -0.107.